The van der Waals surface area contributed by atoms with E-state index in [4.69, 9.17) is 17.3 Å². The standard InChI is InChI=1S/C17H20ClFN4O2/c1-21-10-14(18)16(20)17(25)23-7-5-22(6-8-23)11-15(24)12-3-2-4-13(19)9-12/h2-4,9-10H,5-8,11,20H2,1H3. The van der Waals surface area contributed by atoms with Gasteiger partial charge in [0.1, 0.15) is 11.5 Å². The molecule has 2 rings (SSSR count). The summed E-state index contributed by atoms with van der Waals surface area (Å²) in [5.41, 5.74) is 6.04. The van der Waals surface area contributed by atoms with Gasteiger partial charge in [-0.3, -0.25) is 19.5 Å². The summed E-state index contributed by atoms with van der Waals surface area (Å²) in [7, 11) is 1.54. The van der Waals surface area contributed by atoms with Gasteiger partial charge >= 0.3 is 0 Å². The number of halogens is 2. The van der Waals surface area contributed by atoms with Gasteiger partial charge < -0.3 is 10.6 Å². The van der Waals surface area contributed by atoms with Crippen LogP contribution < -0.4 is 5.73 Å². The molecule has 1 saturated heterocycles. The number of benzene rings is 1. The predicted octanol–water partition coefficient (Wildman–Crippen LogP) is 1.26. The normalized spacial score (nSPS) is 16.8. The molecular formula is C17H20ClFN4O2. The number of hydrogen-bond donors (Lipinski definition) is 1. The van der Waals surface area contributed by atoms with Crippen LogP contribution in [0.5, 0.6) is 0 Å². The van der Waals surface area contributed by atoms with Crippen molar-refractivity contribution in [1.29, 1.82) is 0 Å². The lowest BCUT2D eigenvalue weighted by molar-refractivity contribution is -0.128. The van der Waals surface area contributed by atoms with E-state index in [1.807, 2.05) is 4.90 Å². The number of rotatable bonds is 5. The Bertz CT molecular complexity index is 712. The fourth-order valence-electron chi connectivity index (χ4n) is 2.52. The van der Waals surface area contributed by atoms with Crippen molar-refractivity contribution in [1.82, 2.24) is 9.80 Å². The summed E-state index contributed by atoms with van der Waals surface area (Å²) in [5.74, 6) is -0.932. The van der Waals surface area contributed by atoms with Gasteiger partial charge in [-0.05, 0) is 12.1 Å². The van der Waals surface area contributed by atoms with Gasteiger partial charge in [-0.2, -0.15) is 0 Å². The molecular weight excluding hydrogens is 347 g/mol. The van der Waals surface area contributed by atoms with E-state index in [0.29, 0.717) is 31.7 Å². The molecule has 0 aromatic heterocycles. The first-order valence-corrected chi connectivity index (χ1v) is 8.18. The lowest BCUT2D eigenvalue weighted by Crippen LogP contribution is -2.51. The molecule has 25 heavy (non-hydrogen) atoms. The second-order valence-electron chi connectivity index (χ2n) is 5.65. The van der Waals surface area contributed by atoms with Gasteiger partial charge in [-0.1, -0.05) is 23.7 Å². The molecule has 6 nitrogen and oxygen atoms in total. The first kappa shape index (κ1) is 19.1. The van der Waals surface area contributed by atoms with Crippen LogP contribution in [-0.2, 0) is 4.79 Å². The molecule has 0 aliphatic carbocycles. The summed E-state index contributed by atoms with van der Waals surface area (Å²) < 4.78 is 13.2. The number of Topliss-reactive ketones (excluding diaryl/α,β-unsaturated/α-hetero) is 1. The fraction of sp³-hybridized carbons (Fsp3) is 0.353. The molecule has 0 saturated carbocycles. The lowest BCUT2D eigenvalue weighted by Gasteiger charge is -2.34. The van der Waals surface area contributed by atoms with Crippen LogP contribution in [0.25, 0.3) is 0 Å². The van der Waals surface area contributed by atoms with Crippen molar-refractivity contribution in [2.45, 2.75) is 0 Å². The zero-order valence-electron chi connectivity index (χ0n) is 13.9. The van der Waals surface area contributed by atoms with Crippen LogP contribution in [0, 0.1) is 5.82 Å². The highest BCUT2D eigenvalue weighted by atomic mass is 35.5. The SMILES string of the molecule is CN=CC(Cl)=C(N)C(=O)N1CCN(CC(=O)c2cccc(F)c2)CC1. The Kier molecular flexibility index (Phi) is 6.66. The molecule has 1 amide bonds. The van der Waals surface area contributed by atoms with Crippen molar-refractivity contribution >= 4 is 29.5 Å². The van der Waals surface area contributed by atoms with Crippen LogP contribution in [0.2, 0.25) is 0 Å². The number of piperazine rings is 1. The average molecular weight is 367 g/mol. The minimum absolute atomic E-state index is 0.0449. The number of hydrogen-bond acceptors (Lipinski definition) is 5. The molecule has 0 radical (unpaired) electrons. The van der Waals surface area contributed by atoms with Crippen molar-refractivity contribution in [2.75, 3.05) is 39.8 Å². The maximum Gasteiger partial charge on any atom is 0.271 e. The first-order valence-electron chi connectivity index (χ1n) is 7.80. The topological polar surface area (TPSA) is 79.0 Å². The van der Waals surface area contributed by atoms with E-state index < -0.39 is 5.82 Å². The zero-order valence-corrected chi connectivity index (χ0v) is 14.7. The Morgan fingerprint density at radius 3 is 2.60 bits per heavy atom. The number of carbonyl (C=O) groups is 2. The fourth-order valence-corrected chi connectivity index (χ4v) is 2.70. The van der Waals surface area contributed by atoms with Crippen molar-refractivity contribution in [2.24, 2.45) is 10.7 Å². The number of ketones is 1. The predicted molar refractivity (Wildman–Crippen MR) is 95.2 cm³/mol. The van der Waals surface area contributed by atoms with Gasteiger partial charge in [0.15, 0.2) is 5.78 Å². The van der Waals surface area contributed by atoms with Crippen molar-refractivity contribution in [3.63, 3.8) is 0 Å². The van der Waals surface area contributed by atoms with Crippen LogP contribution in [-0.4, -0.2) is 67.5 Å². The first-order chi connectivity index (χ1) is 11.9. The van der Waals surface area contributed by atoms with Crippen molar-refractivity contribution in [3.05, 3.63) is 46.4 Å². The van der Waals surface area contributed by atoms with Crippen LogP contribution in [0.3, 0.4) is 0 Å². The highest BCUT2D eigenvalue weighted by Gasteiger charge is 2.25. The van der Waals surface area contributed by atoms with E-state index in [0.717, 1.165) is 0 Å². The minimum atomic E-state index is -0.434. The van der Waals surface area contributed by atoms with Gasteiger partial charge in [-0.15, -0.1) is 0 Å². The second kappa shape index (κ2) is 8.73. The van der Waals surface area contributed by atoms with Crippen LogP contribution in [0.15, 0.2) is 40.0 Å². The third-order valence-corrected chi connectivity index (χ3v) is 4.20. The van der Waals surface area contributed by atoms with Crippen LogP contribution in [0.4, 0.5) is 4.39 Å². The summed E-state index contributed by atoms with van der Waals surface area (Å²) in [6.45, 7) is 2.10. The molecule has 0 atom stereocenters. The Labute approximate surface area is 150 Å². The van der Waals surface area contributed by atoms with E-state index in [1.54, 1.807) is 11.0 Å². The summed E-state index contributed by atoms with van der Waals surface area (Å²) in [6.07, 6.45) is 1.32. The molecule has 134 valence electrons. The van der Waals surface area contributed by atoms with Crippen molar-refractivity contribution in [3.8, 4) is 0 Å². The largest absolute Gasteiger partial charge is 0.393 e. The van der Waals surface area contributed by atoms with Gasteiger partial charge in [-0.25, -0.2) is 4.39 Å². The van der Waals surface area contributed by atoms with Crippen molar-refractivity contribution < 1.29 is 14.0 Å². The third-order valence-electron chi connectivity index (χ3n) is 3.90. The Morgan fingerprint density at radius 2 is 2.00 bits per heavy atom. The summed E-state index contributed by atoms with van der Waals surface area (Å²) in [6, 6.07) is 5.63. The molecule has 1 aromatic rings. The Balaban J connectivity index is 1.90. The number of nitrogens with zero attached hydrogens (tertiary/aromatic N) is 3. The highest BCUT2D eigenvalue weighted by Crippen LogP contribution is 2.11. The number of amides is 1. The average Bonchev–Trinajstić information content (AvgIpc) is 2.61. The number of carbonyl (C=O) groups excluding carboxylic acids is 2. The summed E-state index contributed by atoms with van der Waals surface area (Å²) in [4.78, 5) is 31.7. The molecule has 0 unspecified atom stereocenters. The molecule has 1 aliphatic heterocycles. The molecule has 1 fully saturated rings. The van der Waals surface area contributed by atoms with Gasteiger partial charge in [0.05, 0.1) is 11.6 Å². The van der Waals surface area contributed by atoms with Crippen LogP contribution in [0.1, 0.15) is 10.4 Å². The van der Waals surface area contributed by atoms with Gasteiger partial charge in [0, 0.05) is 45.0 Å². The summed E-state index contributed by atoms with van der Waals surface area (Å²) in [5, 5.41) is 0.108. The molecule has 1 heterocycles. The minimum Gasteiger partial charge on any atom is -0.393 e. The molecule has 0 bridgehead atoms. The lowest BCUT2D eigenvalue weighted by atomic mass is 10.1. The van der Waals surface area contributed by atoms with Gasteiger partial charge in [0.2, 0.25) is 0 Å². The molecule has 0 spiro atoms. The molecule has 8 heteroatoms. The molecule has 1 aliphatic rings. The summed E-state index contributed by atoms with van der Waals surface area (Å²) >= 11 is 5.90. The molecule has 2 N–H and O–H groups in total. The van der Waals surface area contributed by atoms with E-state index in [1.165, 1.54) is 31.5 Å². The van der Waals surface area contributed by atoms with E-state index >= 15 is 0 Å². The maximum atomic E-state index is 13.2. The Hall–Kier alpha value is -2.25. The highest BCUT2D eigenvalue weighted by molar-refractivity contribution is 6.41. The third kappa shape index (κ3) is 5.11. The number of allylic oxidation sites excluding steroid dienone is 1. The maximum absolute atomic E-state index is 13.2. The quantitative estimate of drug-likeness (QED) is 0.483. The molecule has 1 aromatic carbocycles. The number of nitrogens with two attached hydrogens (primary N) is 1. The van der Waals surface area contributed by atoms with E-state index in [2.05, 4.69) is 4.99 Å². The monoisotopic (exact) mass is 366 g/mol. The van der Waals surface area contributed by atoms with Crippen LogP contribution >= 0.6 is 11.6 Å². The zero-order chi connectivity index (χ0) is 18.4. The smallest absolute Gasteiger partial charge is 0.271 e. The number of aliphatic imine (C=N–C) groups is 1. The second-order valence-corrected chi connectivity index (χ2v) is 6.06. The van der Waals surface area contributed by atoms with E-state index in [-0.39, 0.29) is 29.0 Å². The van der Waals surface area contributed by atoms with Gasteiger partial charge in [0.25, 0.3) is 5.91 Å². The van der Waals surface area contributed by atoms with E-state index in [9.17, 15) is 14.0 Å². The Morgan fingerprint density at radius 1 is 1.32 bits per heavy atom.